The summed E-state index contributed by atoms with van der Waals surface area (Å²) < 4.78 is 16.5. The molecule has 0 spiro atoms. The molecular formula is C31H48N4O6. The van der Waals surface area contributed by atoms with Crippen molar-refractivity contribution in [1.82, 2.24) is 20.4 Å². The number of amides is 4. The predicted molar refractivity (Wildman–Crippen MR) is 156 cm³/mol. The molecule has 10 nitrogen and oxygen atoms in total. The van der Waals surface area contributed by atoms with Crippen molar-refractivity contribution >= 4 is 17.8 Å². The van der Waals surface area contributed by atoms with Crippen molar-refractivity contribution in [2.45, 2.75) is 102 Å². The molecule has 0 radical (unpaired) electrons. The van der Waals surface area contributed by atoms with Crippen LogP contribution in [0.4, 0.5) is 4.79 Å². The molecule has 1 aromatic carbocycles. The Kier molecular flexibility index (Phi) is 11.1. The first kappa shape index (κ1) is 30.9. The highest BCUT2D eigenvalue weighted by molar-refractivity contribution is 5.89. The first-order valence-electron chi connectivity index (χ1n) is 15.3. The average molecular weight is 573 g/mol. The quantitative estimate of drug-likeness (QED) is 0.417. The summed E-state index contributed by atoms with van der Waals surface area (Å²) in [6, 6.07) is 4.37. The van der Waals surface area contributed by atoms with Gasteiger partial charge in [0.05, 0.1) is 26.4 Å². The molecule has 2 N–H and O–H groups in total. The summed E-state index contributed by atoms with van der Waals surface area (Å²) >= 11 is 0. The number of nitrogens with zero attached hydrogens (tertiary/aromatic N) is 2. The maximum atomic E-state index is 14.0. The lowest BCUT2D eigenvalue weighted by Gasteiger charge is -2.47. The van der Waals surface area contributed by atoms with Gasteiger partial charge in [-0.15, -0.1) is 0 Å². The molecule has 0 aromatic heterocycles. The van der Waals surface area contributed by atoms with Gasteiger partial charge < -0.3 is 34.6 Å². The maximum Gasteiger partial charge on any atom is 0.318 e. The number of urea groups is 1. The minimum absolute atomic E-state index is 0.0350. The molecular weight excluding hydrogens is 524 g/mol. The Bertz CT molecular complexity index is 1040. The number of piperazine rings is 1. The third-order valence-corrected chi connectivity index (χ3v) is 8.41. The summed E-state index contributed by atoms with van der Waals surface area (Å²) in [5.74, 6) is 1.16. The van der Waals surface area contributed by atoms with Crippen LogP contribution in [0.25, 0.3) is 0 Å². The maximum absolute atomic E-state index is 14.0. The van der Waals surface area contributed by atoms with E-state index in [4.69, 9.17) is 14.2 Å². The van der Waals surface area contributed by atoms with E-state index in [-0.39, 0.29) is 48.9 Å². The average Bonchev–Trinajstić information content (AvgIpc) is 3.48. The Balaban J connectivity index is 1.57. The van der Waals surface area contributed by atoms with E-state index >= 15 is 0 Å². The molecule has 1 aliphatic carbocycles. The van der Waals surface area contributed by atoms with E-state index in [1.54, 1.807) is 24.0 Å². The first-order chi connectivity index (χ1) is 19.8. The molecule has 228 valence electrons. The molecule has 2 aliphatic heterocycles. The number of rotatable bonds is 11. The lowest BCUT2D eigenvalue weighted by Crippen LogP contribution is -2.66. The molecule has 3 atom stereocenters. The molecule has 41 heavy (non-hydrogen) atoms. The van der Waals surface area contributed by atoms with Crippen molar-refractivity contribution < 1.29 is 28.6 Å². The van der Waals surface area contributed by atoms with E-state index in [0.717, 1.165) is 50.7 Å². The number of hydrogen-bond donors (Lipinski definition) is 2. The van der Waals surface area contributed by atoms with Crippen LogP contribution in [0.2, 0.25) is 0 Å². The van der Waals surface area contributed by atoms with Gasteiger partial charge in [-0.3, -0.25) is 9.59 Å². The van der Waals surface area contributed by atoms with Gasteiger partial charge in [-0.2, -0.15) is 0 Å². The fraction of sp³-hybridized carbons (Fsp3) is 0.710. The smallest absolute Gasteiger partial charge is 0.318 e. The lowest BCUT2D eigenvalue weighted by molar-refractivity contribution is -0.145. The van der Waals surface area contributed by atoms with Crippen LogP contribution in [0, 0.1) is 5.92 Å². The number of hydrogen-bond acceptors (Lipinski definition) is 6. The Morgan fingerprint density at radius 1 is 1.05 bits per heavy atom. The summed E-state index contributed by atoms with van der Waals surface area (Å²) in [5.41, 5.74) is 0.890. The molecule has 0 bridgehead atoms. The van der Waals surface area contributed by atoms with E-state index in [1.165, 1.54) is 6.42 Å². The number of nitrogens with one attached hydrogen (secondary N) is 2. The molecule has 1 saturated carbocycles. The van der Waals surface area contributed by atoms with Crippen molar-refractivity contribution in [2.24, 2.45) is 5.92 Å². The van der Waals surface area contributed by atoms with Gasteiger partial charge in [-0.05, 0) is 55.7 Å². The summed E-state index contributed by atoms with van der Waals surface area (Å²) in [7, 11) is 3.17. The van der Waals surface area contributed by atoms with Gasteiger partial charge in [0.25, 0.3) is 0 Å². The fourth-order valence-corrected chi connectivity index (χ4v) is 6.30. The van der Waals surface area contributed by atoms with Crippen LogP contribution in [0.5, 0.6) is 11.5 Å². The van der Waals surface area contributed by atoms with Crippen molar-refractivity contribution in [3.8, 4) is 11.5 Å². The van der Waals surface area contributed by atoms with Crippen LogP contribution in [-0.4, -0.2) is 85.8 Å². The van der Waals surface area contributed by atoms with Gasteiger partial charge in [0, 0.05) is 38.7 Å². The van der Waals surface area contributed by atoms with Crippen molar-refractivity contribution in [2.75, 3.05) is 33.9 Å². The first-order valence-corrected chi connectivity index (χ1v) is 15.3. The van der Waals surface area contributed by atoms with Gasteiger partial charge >= 0.3 is 6.03 Å². The Morgan fingerprint density at radius 2 is 1.80 bits per heavy atom. The Hall–Kier alpha value is -3.01. The molecule has 2 heterocycles. The fourth-order valence-electron chi connectivity index (χ4n) is 6.30. The largest absolute Gasteiger partial charge is 0.493 e. The number of carbonyl (C=O) groups excluding carboxylic acids is 3. The standard InChI is InChI=1S/C31H48N4O6/c1-21(2)15-26-30(37)34(19-22-12-13-27(39-3)28(16-22)40-4)20-24(17-29(36)32-18-25-11-8-14-41-25)35(26)31(38)33-23-9-6-5-7-10-23/h12-13,16,21,23-26H,5-11,14-15,17-20H2,1-4H3,(H,32,36)(H,33,38)/t24?,25-,26+/m1/s1. The minimum atomic E-state index is -0.650. The zero-order valence-corrected chi connectivity index (χ0v) is 25.2. The summed E-state index contributed by atoms with van der Waals surface area (Å²) in [6.07, 6.45) is 7.87. The van der Waals surface area contributed by atoms with E-state index in [2.05, 4.69) is 24.5 Å². The van der Waals surface area contributed by atoms with Crippen LogP contribution in [-0.2, 0) is 20.9 Å². The molecule has 2 saturated heterocycles. The van der Waals surface area contributed by atoms with Gasteiger partial charge in [-0.1, -0.05) is 39.2 Å². The summed E-state index contributed by atoms with van der Waals surface area (Å²) in [4.78, 5) is 44.5. The number of carbonyl (C=O) groups is 3. The zero-order chi connectivity index (χ0) is 29.4. The monoisotopic (exact) mass is 572 g/mol. The number of benzene rings is 1. The second-order valence-corrected chi connectivity index (χ2v) is 12.0. The van der Waals surface area contributed by atoms with Crippen LogP contribution in [0.15, 0.2) is 18.2 Å². The van der Waals surface area contributed by atoms with Crippen LogP contribution >= 0.6 is 0 Å². The SMILES string of the molecule is COc1ccc(CN2CC(CC(=O)NC[C@H]3CCCO3)N(C(=O)NC3CCCCC3)[C@@H](CC(C)C)C2=O)cc1OC. The normalized spacial score (nSPS) is 23.5. The highest BCUT2D eigenvalue weighted by Gasteiger charge is 2.44. The molecule has 1 unspecified atom stereocenters. The summed E-state index contributed by atoms with van der Waals surface area (Å²) in [6.45, 7) is 5.92. The molecule has 4 amide bonds. The predicted octanol–water partition coefficient (Wildman–Crippen LogP) is 3.86. The van der Waals surface area contributed by atoms with Gasteiger partial charge in [-0.25, -0.2) is 4.79 Å². The third-order valence-electron chi connectivity index (χ3n) is 8.41. The summed E-state index contributed by atoms with van der Waals surface area (Å²) in [5, 5.41) is 6.23. The highest BCUT2D eigenvalue weighted by atomic mass is 16.5. The Morgan fingerprint density at radius 3 is 2.46 bits per heavy atom. The van der Waals surface area contributed by atoms with Crippen LogP contribution in [0.3, 0.4) is 0 Å². The highest BCUT2D eigenvalue weighted by Crippen LogP contribution is 2.31. The van der Waals surface area contributed by atoms with Crippen molar-refractivity contribution in [3.05, 3.63) is 23.8 Å². The molecule has 4 rings (SSSR count). The number of ether oxygens (including phenoxy) is 3. The second kappa shape index (κ2) is 14.8. The lowest BCUT2D eigenvalue weighted by atomic mass is 9.93. The van der Waals surface area contributed by atoms with Crippen LogP contribution in [0.1, 0.15) is 77.2 Å². The van der Waals surface area contributed by atoms with Gasteiger partial charge in [0.15, 0.2) is 11.5 Å². The van der Waals surface area contributed by atoms with Gasteiger partial charge in [0.1, 0.15) is 6.04 Å². The molecule has 10 heteroatoms. The molecule has 3 aliphatic rings. The topological polar surface area (TPSA) is 109 Å². The van der Waals surface area contributed by atoms with E-state index < -0.39 is 12.1 Å². The third kappa shape index (κ3) is 8.27. The Labute approximate surface area is 244 Å². The van der Waals surface area contributed by atoms with Crippen LogP contribution < -0.4 is 20.1 Å². The van der Waals surface area contributed by atoms with E-state index in [1.807, 2.05) is 18.2 Å². The van der Waals surface area contributed by atoms with E-state index in [0.29, 0.717) is 31.0 Å². The van der Waals surface area contributed by atoms with E-state index in [9.17, 15) is 14.4 Å². The van der Waals surface area contributed by atoms with Crippen molar-refractivity contribution in [1.29, 1.82) is 0 Å². The molecule has 1 aromatic rings. The minimum Gasteiger partial charge on any atom is -0.493 e. The van der Waals surface area contributed by atoms with Gasteiger partial charge in [0.2, 0.25) is 11.8 Å². The number of methoxy groups -OCH3 is 2. The molecule has 3 fully saturated rings. The second-order valence-electron chi connectivity index (χ2n) is 12.0. The van der Waals surface area contributed by atoms with Crippen molar-refractivity contribution in [3.63, 3.8) is 0 Å². The zero-order valence-electron chi connectivity index (χ0n) is 25.2.